The fourth-order valence-electron chi connectivity index (χ4n) is 1.75. The molecule has 0 spiro atoms. The van der Waals surface area contributed by atoms with Crippen LogP contribution in [0, 0.1) is 9.49 Å². The predicted octanol–water partition coefficient (Wildman–Crippen LogP) is 3.15. The van der Waals surface area contributed by atoms with Crippen LogP contribution >= 0.6 is 33.9 Å². The van der Waals surface area contributed by atoms with Crippen molar-refractivity contribution in [1.29, 1.82) is 0 Å². The van der Waals surface area contributed by atoms with Crippen molar-refractivity contribution in [2.75, 3.05) is 6.61 Å². The van der Waals surface area contributed by atoms with Gasteiger partial charge in [-0.3, -0.25) is 4.79 Å². The van der Waals surface area contributed by atoms with Crippen molar-refractivity contribution in [2.24, 2.45) is 5.92 Å². The van der Waals surface area contributed by atoms with Crippen molar-refractivity contribution in [2.45, 2.75) is 17.9 Å². The van der Waals surface area contributed by atoms with Crippen LogP contribution < -0.4 is 4.74 Å². The molecule has 2 aromatic heterocycles. The van der Waals surface area contributed by atoms with Gasteiger partial charge in [0.15, 0.2) is 10.1 Å². The third-order valence-corrected chi connectivity index (χ3v) is 6.44. The molecule has 0 atom stereocenters. The van der Waals surface area contributed by atoms with E-state index in [1.807, 2.05) is 22.6 Å². The number of rotatable bonds is 5. The molecule has 0 N–H and O–H groups in total. The van der Waals surface area contributed by atoms with Crippen molar-refractivity contribution in [1.82, 2.24) is 4.98 Å². The van der Waals surface area contributed by atoms with Crippen molar-refractivity contribution in [3.05, 3.63) is 38.9 Å². The molecule has 22 heavy (non-hydrogen) atoms. The zero-order chi connectivity index (χ0) is 15.7. The number of sulfone groups is 1. The molecule has 2 heterocycles. The number of ether oxygens (including phenoxy) is 1. The van der Waals surface area contributed by atoms with Gasteiger partial charge < -0.3 is 4.74 Å². The highest BCUT2D eigenvalue weighted by Crippen LogP contribution is 2.32. The average Bonchev–Trinajstić information content (AvgIpc) is 3.21. The highest BCUT2D eigenvalue weighted by Gasteiger charge is 2.29. The predicted molar refractivity (Wildman–Crippen MR) is 91.0 cm³/mol. The van der Waals surface area contributed by atoms with E-state index >= 15 is 0 Å². The molecule has 0 amide bonds. The number of carbonyl (C=O) groups excluding carboxylic acids is 1. The zero-order valence-electron chi connectivity index (χ0n) is 11.4. The summed E-state index contributed by atoms with van der Waals surface area (Å²) in [5.74, 6) is 0.598. The van der Waals surface area contributed by atoms with Crippen LogP contribution in [0.4, 0.5) is 0 Å². The Bertz CT molecular complexity index is 812. The fraction of sp³-hybridized carbons (Fsp3) is 0.286. The Morgan fingerprint density at radius 1 is 1.36 bits per heavy atom. The quantitative estimate of drug-likeness (QED) is 0.656. The van der Waals surface area contributed by atoms with Crippen LogP contribution in [0.15, 0.2) is 35.5 Å². The lowest BCUT2D eigenvalue weighted by Crippen LogP contribution is -2.15. The van der Waals surface area contributed by atoms with Gasteiger partial charge in [0.25, 0.3) is 15.0 Å². The minimum absolute atomic E-state index is 0.145. The maximum atomic E-state index is 12.3. The lowest BCUT2D eigenvalue weighted by Gasteiger charge is -2.02. The van der Waals surface area contributed by atoms with E-state index in [9.17, 15) is 13.2 Å². The normalized spacial score (nSPS) is 14.8. The summed E-state index contributed by atoms with van der Waals surface area (Å²) in [5, 5.41) is -0.590. The van der Waals surface area contributed by atoms with Gasteiger partial charge in [-0.15, -0.1) is 0 Å². The summed E-state index contributed by atoms with van der Waals surface area (Å²) in [6, 6.07) is 6.17. The Labute approximate surface area is 145 Å². The second-order valence-electron chi connectivity index (χ2n) is 4.98. The van der Waals surface area contributed by atoms with Gasteiger partial charge in [0.2, 0.25) is 0 Å². The first kappa shape index (κ1) is 15.9. The van der Waals surface area contributed by atoms with Crippen molar-refractivity contribution in [3.63, 3.8) is 0 Å². The highest BCUT2D eigenvalue weighted by molar-refractivity contribution is 14.1. The minimum atomic E-state index is -4.12. The van der Waals surface area contributed by atoms with Gasteiger partial charge in [-0.2, -0.15) is 0 Å². The van der Waals surface area contributed by atoms with E-state index in [2.05, 4.69) is 4.98 Å². The summed E-state index contributed by atoms with van der Waals surface area (Å²) in [6.45, 7) is 0.624. The van der Waals surface area contributed by atoms with Crippen LogP contribution in [0.2, 0.25) is 0 Å². The smallest absolute Gasteiger partial charge is 0.293 e. The highest BCUT2D eigenvalue weighted by atomic mass is 127. The van der Waals surface area contributed by atoms with Crippen LogP contribution in [0.25, 0.3) is 0 Å². The van der Waals surface area contributed by atoms with E-state index in [1.165, 1.54) is 31.2 Å². The summed E-state index contributed by atoms with van der Waals surface area (Å²) in [4.78, 5) is 16.2. The maximum Gasteiger partial charge on any atom is 0.293 e. The molecule has 0 saturated heterocycles. The maximum absolute atomic E-state index is 12.3. The van der Waals surface area contributed by atoms with E-state index in [0.717, 1.165) is 11.3 Å². The first-order chi connectivity index (χ1) is 10.5. The van der Waals surface area contributed by atoms with Crippen LogP contribution in [0.5, 0.6) is 5.06 Å². The zero-order valence-corrected chi connectivity index (χ0v) is 15.2. The SMILES string of the molecule is O=C(c1ccc(OCC2CC2)s1)S(=O)(=O)c1cc(I)ccn1. The number of hydrogen-bond donors (Lipinski definition) is 0. The van der Waals surface area contributed by atoms with Crippen LogP contribution in [0.3, 0.4) is 0 Å². The Kier molecular flexibility index (Phi) is 4.51. The summed E-state index contributed by atoms with van der Waals surface area (Å²) in [7, 11) is -4.12. The number of hydrogen-bond acceptors (Lipinski definition) is 6. The molecule has 0 aromatic carbocycles. The Morgan fingerprint density at radius 2 is 2.14 bits per heavy atom. The van der Waals surface area contributed by atoms with Crippen molar-refractivity contribution < 1.29 is 17.9 Å². The first-order valence-electron chi connectivity index (χ1n) is 6.60. The van der Waals surface area contributed by atoms with Gasteiger partial charge in [0.1, 0.15) is 0 Å². The summed E-state index contributed by atoms with van der Waals surface area (Å²) >= 11 is 3.03. The number of nitrogens with zero attached hydrogens (tertiary/aromatic N) is 1. The molecule has 0 bridgehead atoms. The fourth-order valence-corrected chi connectivity index (χ4v) is 4.58. The molecule has 1 aliphatic rings. The van der Waals surface area contributed by atoms with Crippen LogP contribution in [0.1, 0.15) is 22.5 Å². The van der Waals surface area contributed by atoms with Gasteiger partial charge >= 0.3 is 0 Å². The molecule has 2 aromatic rings. The van der Waals surface area contributed by atoms with Gasteiger partial charge in [0, 0.05) is 9.77 Å². The lowest BCUT2D eigenvalue weighted by atomic mass is 10.5. The summed E-state index contributed by atoms with van der Waals surface area (Å²) < 4.78 is 30.9. The Morgan fingerprint density at radius 3 is 2.82 bits per heavy atom. The molecule has 5 nitrogen and oxygen atoms in total. The van der Waals surface area contributed by atoms with E-state index in [1.54, 1.807) is 12.1 Å². The summed E-state index contributed by atoms with van der Waals surface area (Å²) in [6.07, 6.45) is 3.72. The number of pyridine rings is 1. The Balaban J connectivity index is 1.80. The van der Waals surface area contributed by atoms with E-state index < -0.39 is 15.0 Å². The van der Waals surface area contributed by atoms with Gasteiger partial charge in [-0.1, -0.05) is 11.3 Å². The molecule has 0 radical (unpaired) electrons. The van der Waals surface area contributed by atoms with Crippen molar-refractivity contribution in [3.8, 4) is 5.06 Å². The van der Waals surface area contributed by atoms with E-state index in [-0.39, 0.29) is 9.90 Å². The number of aromatic nitrogens is 1. The average molecular weight is 449 g/mol. The topological polar surface area (TPSA) is 73.3 Å². The molecule has 3 rings (SSSR count). The molecule has 1 aliphatic carbocycles. The standard InChI is InChI=1S/C14H12INO4S2/c15-10-5-6-16-12(7-10)22(18,19)14(17)11-3-4-13(21-11)20-8-9-1-2-9/h3-7,9H,1-2,8H2. The third kappa shape index (κ3) is 3.49. The second-order valence-corrected chi connectivity index (χ2v) is 9.06. The molecular formula is C14H12INO4S2. The Hall–Kier alpha value is -1.00. The summed E-state index contributed by atoms with van der Waals surface area (Å²) in [5.41, 5.74) is 0. The monoisotopic (exact) mass is 449 g/mol. The van der Waals surface area contributed by atoms with Crippen LogP contribution in [-0.4, -0.2) is 25.1 Å². The van der Waals surface area contributed by atoms with E-state index in [0.29, 0.717) is 21.2 Å². The van der Waals surface area contributed by atoms with Gasteiger partial charge in [-0.25, -0.2) is 13.4 Å². The molecule has 1 saturated carbocycles. The van der Waals surface area contributed by atoms with E-state index in [4.69, 9.17) is 4.74 Å². The molecular weight excluding hydrogens is 437 g/mol. The van der Waals surface area contributed by atoms with Gasteiger partial charge in [0.05, 0.1) is 11.5 Å². The number of carbonyl (C=O) groups is 1. The number of thiophene rings is 1. The molecule has 8 heteroatoms. The minimum Gasteiger partial charge on any atom is -0.484 e. The first-order valence-corrected chi connectivity index (χ1v) is 9.98. The molecule has 0 aliphatic heterocycles. The van der Waals surface area contributed by atoms with Crippen LogP contribution in [-0.2, 0) is 9.84 Å². The molecule has 0 unspecified atom stereocenters. The third-order valence-electron chi connectivity index (χ3n) is 3.16. The number of halogens is 1. The second kappa shape index (κ2) is 6.25. The lowest BCUT2D eigenvalue weighted by molar-refractivity contribution is 0.107. The molecule has 1 fully saturated rings. The van der Waals surface area contributed by atoms with Gasteiger partial charge in [-0.05, 0) is 65.6 Å². The molecule has 116 valence electrons. The van der Waals surface area contributed by atoms with Crippen molar-refractivity contribution >= 4 is 48.9 Å². The largest absolute Gasteiger partial charge is 0.484 e.